The second-order valence-corrected chi connectivity index (χ2v) is 17.2. The fourth-order valence-electron chi connectivity index (χ4n) is 9.99. The van der Waals surface area contributed by atoms with Crippen molar-refractivity contribution >= 4 is 18.5 Å². The molecule has 7 N–H and O–H groups in total. The van der Waals surface area contributed by atoms with Crippen LogP contribution >= 0.6 is 0 Å². The maximum absolute atomic E-state index is 12.6. The normalized spacial score (nSPS) is 41.5. The van der Waals surface area contributed by atoms with Crippen molar-refractivity contribution in [3.05, 3.63) is 30.3 Å². The molecule has 54 heavy (non-hydrogen) atoms. The Bertz CT molecular complexity index is 1350. The van der Waals surface area contributed by atoms with Gasteiger partial charge in [0.25, 0.3) is 0 Å². The standard InChI is InChI=1S/C41H62N2O11/c1-25(6-5-9-26-7-3-2-4-8-26)29(18-27-16-17-42-20-27)21-43-23-40(50)39(54-36(38(48)49)37(47)41(40,51)24-44)53-31-14-15-32-34(19-31)52-22-33(35(32)46)28-10-12-30(45)13-11-28/h5,9,16-17,20,24-26,28-37,39,43,45-47,50-51H,2-4,6-8,10-15,18-19,21-23H2,1H3/p+1/t25-,28?,29+,30?,31?,32?,33?,34?,35?,36+,37-,39-,40-,41+/m1/s1. The summed E-state index contributed by atoms with van der Waals surface area (Å²) in [5, 5.41) is 69.5. The number of ether oxygens (including phenoxy) is 3. The average Bonchev–Trinajstić information content (AvgIpc) is 3.69. The van der Waals surface area contributed by atoms with Gasteiger partial charge in [-0.3, -0.25) is 4.79 Å². The second-order valence-electron chi connectivity index (χ2n) is 17.2. The summed E-state index contributed by atoms with van der Waals surface area (Å²) in [6.45, 7) is 4.21. The molecule has 12 atom stereocenters. The van der Waals surface area contributed by atoms with E-state index in [4.69, 9.17) is 14.2 Å². The maximum Gasteiger partial charge on any atom is 0.335 e. The summed E-state index contributed by atoms with van der Waals surface area (Å²) < 4.78 is 18.3. The minimum absolute atomic E-state index is 0.0120. The zero-order valence-corrected chi connectivity index (χ0v) is 31.7. The van der Waals surface area contributed by atoms with Crippen LogP contribution in [-0.4, -0.2) is 123 Å². The largest absolute Gasteiger partial charge is 0.479 e. The monoisotopic (exact) mass is 759 g/mol. The molecule has 3 aliphatic heterocycles. The van der Waals surface area contributed by atoms with E-state index in [0.717, 1.165) is 37.7 Å². The number of aliphatic hydroxyl groups excluding tert-OH is 3. The van der Waals surface area contributed by atoms with Gasteiger partial charge in [0.15, 0.2) is 36.1 Å². The molecule has 0 spiro atoms. The van der Waals surface area contributed by atoms with Gasteiger partial charge in [0.2, 0.25) is 0 Å². The molecule has 5 fully saturated rings. The molecule has 2 saturated heterocycles. The number of nitrogens with zero attached hydrogens (tertiary/aromatic N) is 1. The van der Waals surface area contributed by atoms with E-state index in [2.05, 4.69) is 29.4 Å². The van der Waals surface area contributed by atoms with E-state index in [1.165, 1.54) is 32.1 Å². The molecule has 3 heterocycles. The fraction of sp³-hybridized carbons (Fsp3) is 0.805. The van der Waals surface area contributed by atoms with Crippen LogP contribution in [0, 0.1) is 42.1 Å². The van der Waals surface area contributed by atoms with E-state index in [1.54, 1.807) is 6.54 Å². The molecule has 5 unspecified atom stereocenters. The van der Waals surface area contributed by atoms with Gasteiger partial charge in [-0.05, 0) is 88.0 Å². The molecule has 6 aliphatic rings. The van der Waals surface area contributed by atoms with E-state index < -0.39 is 54.4 Å². The third kappa shape index (κ3) is 9.16. The van der Waals surface area contributed by atoms with Crippen LogP contribution in [0.2, 0.25) is 0 Å². The Morgan fingerprint density at radius 3 is 2.52 bits per heavy atom. The minimum Gasteiger partial charge on any atom is -0.479 e. The highest BCUT2D eigenvalue weighted by atomic mass is 16.7. The van der Waals surface area contributed by atoms with Crippen molar-refractivity contribution in [2.24, 2.45) is 40.5 Å². The highest BCUT2D eigenvalue weighted by Crippen LogP contribution is 2.45. The van der Waals surface area contributed by atoms with Crippen molar-refractivity contribution < 1.29 is 54.4 Å². The first-order chi connectivity index (χ1) is 25.9. The zero-order chi connectivity index (χ0) is 38.5. The van der Waals surface area contributed by atoms with E-state index in [1.807, 2.05) is 12.3 Å². The Morgan fingerprint density at radius 2 is 1.83 bits per heavy atom. The Kier molecular flexibility index (Phi) is 14.1. The predicted octanol–water partition coefficient (Wildman–Crippen LogP) is 2.86. The average molecular weight is 760 g/mol. The van der Waals surface area contributed by atoms with Crippen molar-refractivity contribution in [1.82, 2.24) is 5.32 Å². The van der Waals surface area contributed by atoms with Crippen LogP contribution in [0.3, 0.4) is 0 Å². The topological polar surface area (TPSA) is 208 Å². The fourth-order valence-corrected chi connectivity index (χ4v) is 9.99. The zero-order valence-electron chi connectivity index (χ0n) is 31.7. The third-order valence-corrected chi connectivity index (χ3v) is 13.6. The van der Waals surface area contributed by atoms with Gasteiger partial charge in [-0.15, -0.1) is 4.99 Å². The number of aliphatic carboxylic acids is 1. The molecule has 0 aromatic carbocycles. The van der Waals surface area contributed by atoms with Crippen LogP contribution in [0.5, 0.6) is 0 Å². The van der Waals surface area contributed by atoms with Crippen molar-refractivity contribution in [2.45, 2.75) is 151 Å². The van der Waals surface area contributed by atoms with Crippen LogP contribution in [0.1, 0.15) is 96.8 Å². The van der Waals surface area contributed by atoms with Gasteiger partial charge in [-0.25, -0.2) is 4.79 Å². The molecule has 13 nitrogen and oxygen atoms in total. The lowest BCUT2D eigenvalue weighted by molar-refractivity contribution is -0.363. The molecular weight excluding hydrogens is 696 g/mol. The van der Waals surface area contributed by atoms with Crippen LogP contribution in [-0.2, 0) is 23.8 Å². The number of aldehydes is 1. The molecular formula is C41H63N2O11+. The molecule has 0 aromatic rings. The minimum atomic E-state index is -2.94. The molecule has 0 bridgehead atoms. The third-order valence-electron chi connectivity index (χ3n) is 13.6. The molecule has 0 aromatic heterocycles. The molecule has 3 saturated carbocycles. The number of nitrogens with one attached hydrogen (secondary N) is 1. The summed E-state index contributed by atoms with van der Waals surface area (Å²) in [5.74, 6) is -0.616. The lowest BCUT2D eigenvalue weighted by atomic mass is 9.69. The Hall–Kier alpha value is -2.20. The van der Waals surface area contributed by atoms with Gasteiger partial charge in [0, 0.05) is 31.2 Å². The first-order valence-electron chi connectivity index (χ1n) is 20.5. The predicted molar refractivity (Wildman–Crippen MR) is 199 cm³/mol. The van der Waals surface area contributed by atoms with Gasteiger partial charge in [-0.1, -0.05) is 38.3 Å². The van der Waals surface area contributed by atoms with Crippen LogP contribution in [0.4, 0.5) is 0 Å². The number of carboxylic acid groups (broad SMARTS) is 1. The number of carbonyl (C=O) groups is 2. The number of aliphatic hydroxyl groups is 5. The SMILES string of the molecule is C[C@H](CC=CC1CCCCC1)[C@H](CNC[C@@]1(O)[C@H](OC2CCC3C(C2)OCC(C2CCC(O)CC2)C3O)O[C@H](C(=O)O)[C@@H](O)[C@@]1(O)C=O)CC1=C[CH+]N=C1. The number of allylic oxidation sites excluding steroid dienone is 3. The summed E-state index contributed by atoms with van der Waals surface area (Å²) in [6.07, 6.45) is 12.7. The molecule has 0 radical (unpaired) electrons. The molecule has 13 heteroatoms. The second kappa shape index (κ2) is 18.4. The number of hydrogen-bond donors (Lipinski definition) is 7. The van der Waals surface area contributed by atoms with Crippen LogP contribution < -0.4 is 5.32 Å². The van der Waals surface area contributed by atoms with Gasteiger partial charge in [-0.2, -0.15) is 0 Å². The number of aliphatic imine (C=N–C) groups is 1. The van der Waals surface area contributed by atoms with Gasteiger partial charge in [0.05, 0.1) is 37.1 Å². The Labute approximate surface area is 319 Å². The maximum atomic E-state index is 12.6. The van der Waals surface area contributed by atoms with E-state index in [9.17, 15) is 40.2 Å². The smallest absolute Gasteiger partial charge is 0.335 e. The highest BCUT2D eigenvalue weighted by molar-refractivity contribution is 5.82. The van der Waals surface area contributed by atoms with Gasteiger partial charge < -0.3 is 50.2 Å². The number of hydrogen-bond acceptors (Lipinski definition) is 12. The first kappa shape index (κ1) is 41.4. The van der Waals surface area contributed by atoms with Crippen LogP contribution in [0.15, 0.2) is 28.8 Å². The summed E-state index contributed by atoms with van der Waals surface area (Å²) in [7, 11) is 0. The summed E-state index contributed by atoms with van der Waals surface area (Å²) in [6, 6.07) is 0. The molecule has 0 amide bonds. The van der Waals surface area contributed by atoms with Gasteiger partial charge >= 0.3 is 5.97 Å². The highest BCUT2D eigenvalue weighted by Gasteiger charge is 2.67. The summed E-state index contributed by atoms with van der Waals surface area (Å²) in [4.78, 5) is 29.0. The number of carboxylic acids is 1. The number of carbonyl (C=O) groups excluding carboxylic acids is 1. The lowest BCUT2D eigenvalue weighted by Gasteiger charge is -2.53. The molecule has 3 aliphatic carbocycles. The van der Waals surface area contributed by atoms with Crippen molar-refractivity contribution in [3.63, 3.8) is 0 Å². The summed E-state index contributed by atoms with van der Waals surface area (Å²) >= 11 is 0. The summed E-state index contributed by atoms with van der Waals surface area (Å²) in [5.41, 5.74) is -4.46. The quantitative estimate of drug-likeness (QED) is 0.0731. The Morgan fingerprint density at radius 1 is 1.07 bits per heavy atom. The number of rotatable bonds is 15. The van der Waals surface area contributed by atoms with E-state index in [0.29, 0.717) is 44.8 Å². The molecule has 6 rings (SSSR count). The number of fused-ring (bicyclic) bond motifs is 1. The van der Waals surface area contributed by atoms with Crippen molar-refractivity contribution in [3.8, 4) is 0 Å². The van der Waals surface area contributed by atoms with Gasteiger partial charge in [0.1, 0.15) is 18.2 Å². The van der Waals surface area contributed by atoms with Crippen molar-refractivity contribution in [1.29, 1.82) is 0 Å². The molecule has 302 valence electrons. The van der Waals surface area contributed by atoms with Crippen LogP contribution in [0.25, 0.3) is 0 Å². The van der Waals surface area contributed by atoms with E-state index >= 15 is 0 Å². The lowest BCUT2D eigenvalue weighted by Crippen LogP contribution is -2.79. The first-order valence-corrected chi connectivity index (χ1v) is 20.5. The van der Waals surface area contributed by atoms with E-state index in [-0.39, 0.29) is 48.1 Å². The Balaban J connectivity index is 1.13. The van der Waals surface area contributed by atoms with Crippen molar-refractivity contribution in [2.75, 3.05) is 19.7 Å².